The standard InChI is InChI=1S/C17H24N2O2/c1-5-13(3)19-9-8-15(18-19)11-21-17-7-6-12(2)10-16(17)14(4)20/h6-10,13-14,20H,5,11H2,1-4H3/t13?,14-/m1/s1. The summed E-state index contributed by atoms with van der Waals surface area (Å²) in [5.41, 5.74) is 2.82. The Morgan fingerprint density at radius 3 is 2.71 bits per heavy atom. The molecule has 4 heteroatoms. The first-order chi connectivity index (χ1) is 10.0. The molecule has 1 unspecified atom stereocenters. The Labute approximate surface area is 126 Å². The molecule has 0 amide bonds. The van der Waals surface area contributed by atoms with Gasteiger partial charge in [0.05, 0.1) is 11.8 Å². The molecule has 1 aromatic heterocycles. The second kappa shape index (κ2) is 6.76. The molecule has 0 aliphatic rings. The summed E-state index contributed by atoms with van der Waals surface area (Å²) in [5.74, 6) is 0.716. The molecule has 0 fully saturated rings. The van der Waals surface area contributed by atoms with Crippen molar-refractivity contribution in [3.8, 4) is 5.75 Å². The maximum atomic E-state index is 9.84. The van der Waals surface area contributed by atoms with Crippen LogP contribution >= 0.6 is 0 Å². The second-order valence-electron chi connectivity index (χ2n) is 5.55. The monoisotopic (exact) mass is 288 g/mol. The van der Waals surface area contributed by atoms with E-state index in [1.807, 2.05) is 42.1 Å². The van der Waals surface area contributed by atoms with E-state index in [0.717, 1.165) is 23.2 Å². The molecule has 0 saturated heterocycles. The number of nitrogens with zero attached hydrogens (tertiary/aromatic N) is 2. The fourth-order valence-electron chi connectivity index (χ4n) is 2.16. The van der Waals surface area contributed by atoms with E-state index < -0.39 is 6.10 Å². The zero-order valence-corrected chi connectivity index (χ0v) is 13.2. The zero-order chi connectivity index (χ0) is 15.4. The van der Waals surface area contributed by atoms with Gasteiger partial charge in [-0.3, -0.25) is 4.68 Å². The van der Waals surface area contributed by atoms with Crippen LogP contribution in [0.25, 0.3) is 0 Å². The second-order valence-corrected chi connectivity index (χ2v) is 5.55. The molecule has 4 nitrogen and oxygen atoms in total. The van der Waals surface area contributed by atoms with Gasteiger partial charge in [0.1, 0.15) is 12.4 Å². The van der Waals surface area contributed by atoms with Gasteiger partial charge in [-0.2, -0.15) is 5.10 Å². The van der Waals surface area contributed by atoms with Gasteiger partial charge >= 0.3 is 0 Å². The molecule has 0 aliphatic heterocycles. The summed E-state index contributed by atoms with van der Waals surface area (Å²) in [7, 11) is 0. The van der Waals surface area contributed by atoms with Crippen molar-refractivity contribution in [2.24, 2.45) is 0 Å². The lowest BCUT2D eigenvalue weighted by Gasteiger charge is -2.13. The fraction of sp³-hybridized carbons (Fsp3) is 0.471. The van der Waals surface area contributed by atoms with Crippen LogP contribution < -0.4 is 4.74 Å². The number of aliphatic hydroxyl groups excluding tert-OH is 1. The Bertz CT molecular complexity index is 590. The molecule has 1 N–H and O–H groups in total. The smallest absolute Gasteiger partial charge is 0.132 e. The summed E-state index contributed by atoms with van der Waals surface area (Å²) < 4.78 is 7.79. The van der Waals surface area contributed by atoms with E-state index >= 15 is 0 Å². The molecule has 21 heavy (non-hydrogen) atoms. The van der Waals surface area contributed by atoms with Gasteiger partial charge < -0.3 is 9.84 Å². The fourth-order valence-corrected chi connectivity index (χ4v) is 2.16. The lowest BCUT2D eigenvalue weighted by molar-refractivity contribution is 0.189. The number of aliphatic hydroxyl groups is 1. The largest absolute Gasteiger partial charge is 0.487 e. The van der Waals surface area contributed by atoms with Gasteiger partial charge in [0, 0.05) is 17.8 Å². The summed E-state index contributed by atoms with van der Waals surface area (Å²) in [6, 6.07) is 8.22. The molecule has 0 radical (unpaired) electrons. The third-order valence-corrected chi connectivity index (χ3v) is 3.70. The number of aryl methyl sites for hydroxylation is 1. The zero-order valence-electron chi connectivity index (χ0n) is 13.2. The van der Waals surface area contributed by atoms with Gasteiger partial charge in [-0.15, -0.1) is 0 Å². The van der Waals surface area contributed by atoms with E-state index in [1.165, 1.54) is 0 Å². The van der Waals surface area contributed by atoms with E-state index in [9.17, 15) is 5.11 Å². The molecule has 0 saturated carbocycles. The molecule has 0 aliphatic carbocycles. The van der Waals surface area contributed by atoms with Gasteiger partial charge in [-0.05, 0) is 45.4 Å². The van der Waals surface area contributed by atoms with Crippen LogP contribution in [0, 0.1) is 6.92 Å². The van der Waals surface area contributed by atoms with Crippen molar-refractivity contribution in [1.29, 1.82) is 0 Å². The Hall–Kier alpha value is -1.81. The molecule has 114 valence electrons. The van der Waals surface area contributed by atoms with Crippen molar-refractivity contribution in [3.63, 3.8) is 0 Å². The highest BCUT2D eigenvalue weighted by Crippen LogP contribution is 2.26. The van der Waals surface area contributed by atoms with Crippen LogP contribution in [-0.4, -0.2) is 14.9 Å². The van der Waals surface area contributed by atoms with Crippen LogP contribution in [0.1, 0.15) is 56.2 Å². The van der Waals surface area contributed by atoms with E-state index in [1.54, 1.807) is 6.92 Å². The van der Waals surface area contributed by atoms with E-state index in [2.05, 4.69) is 18.9 Å². The molecule has 0 bridgehead atoms. The van der Waals surface area contributed by atoms with Crippen molar-refractivity contribution < 1.29 is 9.84 Å². The lowest BCUT2D eigenvalue weighted by atomic mass is 10.1. The van der Waals surface area contributed by atoms with Crippen LogP contribution in [0.15, 0.2) is 30.5 Å². The average Bonchev–Trinajstić information content (AvgIpc) is 2.93. The molecule has 1 heterocycles. The number of ether oxygens (including phenoxy) is 1. The summed E-state index contributed by atoms with van der Waals surface area (Å²) in [5, 5.41) is 14.4. The van der Waals surface area contributed by atoms with E-state index in [4.69, 9.17) is 4.74 Å². The average molecular weight is 288 g/mol. The first-order valence-corrected chi connectivity index (χ1v) is 7.46. The summed E-state index contributed by atoms with van der Waals surface area (Å²) in [6.07, 6.45) is 2.49. The first-order valence-electron chi connectivity index (χ1n) is 7.46. The van der Waals surface area contributed by atoms with Crippen LogP contribution in [0.4, 0.5) is 0 Å². The minimum atomic E-state index is -0.544. The lowest BCUT2D eigenvalue weighted by Crippen LogP contribution is -2.06. The van der Waals surface area contributed by atoms with Crippen LogP contribution in [0.2, 0.25) is 0 Å². The van der Waals surface area contributed by atoms with Gasteiger partial charge in [0.15, 0.2) is 0 Å². The highest BCUT2D eigenvalue weighted by atomic mass is 16.5. The molecular formula is C17H24N2O2. The van der Waals surface area contributed by atoms with Crippen LogP contribution in [0.5, 0.6) is 5.75 Å². The predicted octanol–water partition coefficient (Wildman–Crippen LogP) is 3.79. The number of hydrogen-bond acceptors (Lipinski definition) is 3. The maximum Gasteiger partial charge on any atom is 0.132 e. The summed E-state index contributed by atoms with van der Waals surface area (Å²) >= 11 is 0. The van der Waals surface area contributed by atoms with E-state index in [0.29, 0.717) is 18.4 Å². The summed E-state index contributed by atoms with van der Waals surface area (Å²) in [4.78, 5) is 0. The Morgan fingerprint density at radius 2 is 2.05 bits per heavy atom. The van der Waals surface area contributed by atoms with Gasteiger partial charge in [-0.25, -0.2) is 0 Å². The van der Waals surface area contributed by atoms with Gasteiger partial charge in [-0.1, -0.05) is 18.6 Å². The van der Waals surface area contributed by atoms with Crippen LogP contribution in [-0.2, 0) is 6.61 Å². The predicted molar refractivity (Wildman–Crippen MR) is 83.4 cm³/mol. The molecule has 0 spiro atoms. The number of benzene rings is 1. The molecule has 1 aromatic carbocycles. The minimum Gasteiger partial charge on any atom is -0.487 e. The minimum absolute atomic E-state index is 0.395. The van der Waals surface area contributed by atoms with Crippen molar-refractivity contribution in [3.05, 3.63) is 47.3 Å². The highest BCUT2D eigenvalue weighted by Gasteiger charge is 2.11. The van der Waals surface area contributed by atoms with Crippen molar-refractivity contribution >= 4 is 0 Å². The molecule has 2 aromatic rings. The number of rotatable bonds is 6. The first kappa shape index (κ1) is 15.6. The Morgan fingerprint density at radius 1 is 1.29 bits per heavy atom. The van der Waals surface area contributed by atoms with Crippen molar-refractivity contribution in [2.45, 2.75) is 52.9 Å². The third-order valence-electron chi connectivity index (χ3n) is 3.70. The Kier molecular flexibility index (Phi) is 5.02. The summed E-state index contributed by atoms with van der Waals surface area (Å²) in [6.45, 7) is 8.45. The highest BCUT2D eigenvalue weighted by molar-refractivity contribution is 5.38. The Balaban J connectivity index is 2.08. The van der Waals surface area contributed by atoms with Gasteiger partial charge in [0.2, 0.25) is 0 Å². The SMILES string of the molecule is CCC(C)n1ccc(COc2ccc(C)cc2[C@@H](C)O)n1. The number of aromatic nitrogens is 2. The molecular weight excluding hydrogens is 264 g/mol. The maximum absolute atomic E-state index is 9.84. The quantitative estimate of drug-likeness (QED) is 0.879. The number of hydrogen-bond donors (Lipinski definition) is 1. The normalized spacial score (nSPS) is 14.0. The van der Waals surface area contributed by atoms with E-state index in [-0.39, 0.29) is 0 Å². The molecule has 2 atom stereocenters. The van der Waals surface area contributed by atoms with Crippen molar-refractivity contribution in [1.82, 2.24) is 9.78 Å². The third kappa shape index (κ3) is 3.85. The van der Waals surface area contributed by atoms with Crippen LogP contribution in [0.3, 0.4) is 0 Å². The molecule has 2 rings (SSSR count). The van der Waals surface area contributed by atoms with Gasteiger partial charge in [0.25, 0.3) is 0 Å². The topological polar surface area (TPSA) is 47.3 Å². The van der Waals surface area contributed by atoms with Crippen molar-refractivity contribution in [2.75, 3.05) is 0 Å².